The van der Waals surface area contributed by atoms with Crippen LogP contribution in [0, 0.1) is 5.92 Å². The number of carbonyl (C=O) groups excluding carboxylic acids is 1. The summed E-state index contributed by atoms with van der Waals surface area (Å²) in [6.07, 6.45) is 4.48. The van der Waals surface area contributed by atoms with Gasteiger partial charge in [-0.15, -0.1) is 0 Å². The number of nitrogens with zero attached hydrogens (tertiary/aromatic N) is 2. The van der Waals surface area contributed by atoms with E-state index >= 15 is 0 Å². The minimum Gasteiger partial charge on any atom is -0.465 e. The molecule has 4 nitrogen and oxygen atoms in total. The molecule has 2 heterocycles. The molecule has 0 unspecified atom stereocenters. The first-order valence-corrected chi connectivity index (χ1v) is 7.52. The van der Waals surface area contributed by atoms with Gasteiger partial charge in [0.2, 0.25) is 0 Å². The van der Waals surface area contributed by atoms with Crippen molar-refractivity contribution in [2.24, 2.45) is 5.92 Å². The van der Waals surface area contributed by atoms with Gasteiger partial charge in [-0.25, -0.2) is 4.79 Å². The van der Waals surface area contributed by atoms with E-state index in [1.165, 1.54) is 18.4 Å². The number of hydrogen-bond donors (Lipinski definition) is 0. The summed E-state index contributed by atoms with van der Waals surface area (Å²) in [4.78, 5) is 18.2. The van der Waals surface area contributed by atoms with Gasteiger partial charge in [0.05, 0.1) is 12.7 Å². The van der Waals surface area contributed by atoms with Gasteiger partial charge in [-0.2, -0.15) is 0 Å². The van der Waals surface area contributed by atoms with E-state index in [1.54, 1.807) is 6.20 Å². The van der Waals surface area contributed by atoms with E-state index in [-0.39, 0.29) is 5.97 Å². The Bertz CT molecular complexity index is 684. The van der Waals surface area contributed by atoms with E-state index in [1.807, 2.05) is 12.3 Å². The molecule has 1 aliphatic rings. The number of pyridine rings is 1. The smallest absolute Gasteiger partial charge is 0.339 e. The molecule has 22 heavy (non-hydrogen) atoms. The minimum atomic E-state index is -0.346. The van der Waals surface area contributed by atoms with Crippen molar-refractivity contribution in [1.82, 2.24) is 4.98 Å². The average Bonchev–Trinajstić information content (AvgIpc) is 2.54. The Morgan fingerprint density at radius 2 is 2.18 bits per heavy atom. The number of hydrogen-bond acceptors (Lipinski definition) is 4. The molecule has 0 fully saturated rings. The van der Waals surface area contributed by atoms with E-state index in [0.717, 1.165) is 25.1 Å². The predicted molar refractivity (Wildman–Crippen MR) is 85.9 cm³/mol. The normalized spacial score (nSPS) is 17.0. The molecular weight excluding hydrogens is 276 g/mol. The number of benzene rings is 1. The zero-order chi connectivity index (χ0) is 15.5. The SMILES string of the molecule is COC(=O)c1cncc(CN2C[C@H](C)Cc3ccccc32)c1. The fourth-order valence-corrected chi connectivity index (χ4v) is 3.08. The standard InChI is InChI=1S/C18H20N2O2/c1-13-7-15-5-3-4-6-17(15)20(11-13)12-14-8-16(10-19-9-14)18(21)22-2/h3-6,8-10,13H,7,11-12H2,1-2H3/t13-/m1/s1. The van der Waals surface area contributed by atoms with E-state index in [4.69, 9.17) is 4.74 Å². The Morgan fingerprint density at radius 3 is 3.00 bits per heavy atom. The largest absolute Gasteiger partial charge is 0.465 e. The highest BCUT2D eigenvalue weighted by molar-refractivity contribution is 5.89. The van der Waals surface area contributed by atoms with Crippen LogP contribution in [0.1, 0.15) is 28.4 Å². The van der Waals surface area contributed by atoms with Crippen LogP contribution in [0.15, 0.2) is 42.7 Å². The number of rotatable bonds is 3. The van der Waals surface area contributed by atoms with Crippen molar-refractivity contribution in [3.8, 4) is 0 Å². The number of para-hydroxylation sites is 1. The molecule has 114 valence electrons. The Hall–Kier alpha value is -2.36. The van der Waals surface area contributed by atoms with Crippen LogP contribution in [0.3, 0.4) is 0 Å². The third-order valence-electron chi connectivity index (χ3n) is 4.02. The summed E-state index contributed by atoms with van der Waals surface area (Å²) in [7, 11) is 1.39. The van der Waals surface area contributed by atoms with Gasteiger partial charge in [-0.3, -0.25) is 4.98 Å². The summed E-state index contributed by atoms with van der Waals surface area (Å²) in [5.74, 6) is 0.272. The Balaban J connectivity index is 1.86. The lowest BCUT2D eigenvalue weighted by Gasteiger charge is -2.34. The van der Waals surface area contributed by atoms with Crippen molar-refractivity contribution in [2.75, 3.05) is 18.6 Å². The second-order valence-electron chi connectivity index (χ2n) is 5.89. The number of aromatic nitrogens is 1. The zero-order valence-electron chi connectivity index (χ0n) is 13.0. The lowest BCUT2D eigenvalue weighted by atomic mass is 9.93. The van der Waals surface area contributed by atoms with E-state index in [2.05, 4.69) is 41.1 Å². The van der Waals surface area contributed by atoms with Gasteiger partial charge >= 0.3 is 5.97 Å². The minimum absolute atomic E-state index is 0.346. The molecule has 4 heteroatoms. The molecule has 0 spiro atoms. The van der Waals surface area contributed by atoms with Crippen LogP contribution in [0.2, 0.25) is 0 Å². The number of esters is 1. The fraction of sp³-hybridized carbons (Fsp3) is 0.333. The summed E-state index contributed by atoms with van der Waals surface area (Å²) in [5.41, 5.74) is 4.19. The van der Waals surface area contributed by atoms with Gasteiger partial charge in [0.1, 0.15) is 0 Å². The first kappa shape index (κ1) is 14.6. The lowest BCUT2D eigenvalue weighted by molar-refractivity contribution is 0.0600. The van der Waals surface area contributed by atoms with Crippen molar-refractivity contribution in [3.05, 3.63) is 59.4 Å². The molecule has 0 aliphatic carbocycles. The third kappa shape index (κ3) is 2.96. The first-order valence-electron chi connectivity index (χ1n) is 7.52. The summed E-state index contributed by atoms with van der Waals surface area (Å²) in [5, 5.41) is 0. The Morgan fingerprint density at radius 1 is 1.36 bits per heavy atom. The maximum atomic E-state index is 11.6. The molecule has 0 saturated heterocycles. The van der Waals surface area contributed by atoms with Gasteiger partial charge in [0.15, 0.2) is 0 Å². The van der Waals surface area contributed by atoms with Crippen molar-refractivity contribution in [1.29, 1.82) is 0 Å². The van der Waals surface area contributed by atoms with Crippen molar-refractivity contribution in [3.63, 3.8) is 0 Å². The number of fused-ring (bicyclic) bond motifs is 1. The summed E-state index contributed by atoms with van der Waals surface area (Å²) in [6, 6.07) is 10.4. The zero-order valence-corrected chi connectivity index (χ0v) is 13.0. The second kappa shape index (κ2) is 6.18. The molecule has 0 amide bonds. The highest BCUT2D eigenvalue weighted by atomic mass is 16.5. The third-order valence-corrected chi connectivity index (χ3v) is 4.02. The fourth-order valence-electron chi connectivity index (χ4n) is 3.08. The summed E-state index contributed by atoms with van der Waals surface area (Å²) < 4.78 is 4.76. The van der Waals surface area contributed by atoms with E-state index in [9.17, 15) is 4.79 Å². The number of anilines is 1. The average molecular weight is 296 g/mol. The topological polar surface area (TPSA) is 42.4 Å². The maximum Gasteiger partial charge on any atom is 0.339 e. The Labute approximate surface area is 130 Å². The van der Waals surface area contributed by atoms with Gasteiger partial charge < -0.3 is 9.64 Å². The molecule has 1 aliphatic heterocycles. The molecule has 0 N–H and O–H groups in total. The quantitative estimate of drug-likeness (QED) is 0.816. The van der Waals surface area contributed by atoms with Crippen LogP contribution in [0.5, 0.6) is 0 Å². The van der Waals surface area contributed by atoms with Crippen LogP contribution >= 0.6 is 0 Å². The molecule has 1 aromatic carbocycles. The molecule has 0 saturated carbocycles. The van der Waals surface area contributed by atoms with Gasteiger partial charge in [-0.05, 0) is 35.6 Å². The lowest BCUT2D eigenvalue weighted by Crippen LogP contribution is -2.33. The van der Waals surface area contributed by atoms with Crippen LogP contribution in [-0.4, -0.2) is 24.6 Å². The summed E-state index contributed by atoms with van der Waals surface area (Å²) >= 11 is 0. The van der Waals surface area contributed by atoms with Gasteiger partial charge in [0, 0.05) is 31.2 Å². The molecule has 3 rings (SSSR count). The van der Waals surface area contributed by atoms with E-state index in [0.29, 0.717) is 11.5 Å². The Kier molecular flexibility index (Phi) is 4.09. The highest BCUT2D eigenvalue weighted by Crippen LogP contribution is 2.30. The monoisotopic (exact) mass is 296 g/mol. The number of methoxy groups -OCH3 is 1. The highest BCUT2D eigenvalue weighted by Gasteiger charge is 2.21. The van der Waals surface area contributed by atoms with Crippen molar-refractivity contribution in [2.45, 2.75) is 19.9 Å². The van der Waals surface area contributed by atoms with Crippen LogP contribution in [-0.2, 0) is 17.7 Å². The molecule has 1 atom stereocenters. The molecule has 1 aromatic heterocycles. The molecule has 2 aromatic rings. The first-order chi connectivity index (χ1) is 10.7. The molecule has 0 bridgehead atoms. The number of ether oxygens (including phenoxy) is 1. The summed E-state index contributed by atoms with van der Waals surface area (Å²) in [6.45, 7) is 4.03. The number of carbonyl (C=O) groups is 1. The van der Waals surface area contributed by atoms with Crippen molar-refractivity contribution >= 4 is 11.7 Å². The maximum absolute atomic E-state index is 11.6. The van der Waals surface area contributed by atoms with Crippen molar-refractivity contribution < 1.29 is 9.53 Å². The van der Waals surface area contributed by atoms with E-state index < -0.39 is 0 Å². The van der Waals surface area contributed by atoms with Crippen LogP contribution in [0.4, 0.5) is 5.69 Å². The second-order valence-corrected chi connectivity index (χ2v) is 5.89. The van der Waals surface area contributed by atoms with Gasteiger partial charge in [-0.1, -0.05) is 25.1 Å². The molecular formula is C18H20N2O2. The van der Waals surface area contributed by atoms with Crippen LogP contribution in [0.25, 0.3) is 0 Å². The van der Waals surface area contributed by atoms with Crippen LogP contribution < -0.4 is 4.90 Å². The predicted octanol–water partition coefficient (Wildman–Crippen LogP) is 3.07. The van der Waals surface area contributed by atoms with Gasteiger partial charge in [0.25, 0.3) is 0 Å². The molecule has 0 radical (unpaired) electrons.